The standard InChI is InChI=1S/C27H44N2O3/c1-26-8-7-20-19(21(26)16-22(25(26)31)28-9-3-4-10-28)6-5-18-15-24(30)23(17-27(18,20)2)29-11-13-32-14-12-29/h18-24,30H,3-17H2,1-2H3/t18?,19?,20?,21?,22-,23-,24-,26-,27-/m0/s1. The lowest BCUT2D eigenvalue weighted by molar-refractivity contribution is -0.156. The topological polar surface area (TPSA) is 53.0 Å². The Morgan fingerprint density at radius 1 is 0.938 bits per heavy atom. The van der Waals surface area contributed by atoms with Crippen LogP contribution in [-0.4, -0.2) is 78.3 Å². The van der Waals surface area contributed by atoms with E-state index in [-0.39, 0.29) is 23.6 Å². The second kappa shape index (κ2) is 8.03. The summed E-state index contributed by atoms with van der Waals surface area (Å²) in [6.07, 6.45) is 10.4. The molecule has 0 spiro atoms. The number of hydrogen-bond donors (Lipinski definition) is 1. The Morgan fingerprint density at radius 3 is 2.44 bits per heavy atom. The molecule has 5 nitrogen and oxygen atoms in total. The van der Waals surface area contributed by atoms with Gasteiger partial charge in [0.15, 0.2) is 5.78 Å². The average Bonchev–Trinajstić information content (AvgIpc) is 3.41. The molecular formula is C27H44N2O3. The normalized spacial score (nSPS) is 52.5. The van der Waals surface area contributed by atoms with Crippen LogP contribution in [0.4, 0.5) is 0 Å². The van der Waals surface area contributed by atoms with Gasteiger partial charge in [0.2, 0.25) is 0 Å². The van der Waals surface area contributed by atoms with Crippen molar-refractivity contribution >= 4 is 5.78 Å². The summed E-state index contributed by atoms with van der Waals surface area (Å²) in [5, 5.41) is 11.1. The maximum atomic E-state index is 13.7. The predicted octanol–water partition coefficient (Wildman–Crippen LogP) is 3.34. The van der Waals surface area contributed by atoms with Gasteiger partial charge >= 0.3 is 0 Å². The number of ketones is 1. The minimum atomic E-state index is -0.191. The highest BCUT2D eigenvalue weighted by molar-refractivity contribution is 5.92. The molecule has 0 radical (unpaired) electrons. The quantitative estimate of drug-likeness (QED) is 0.708. The Balaban J connectivity index is 1.25. The molecule has 6 fully saturated rings. The molecule has 0 bridgehead atoms. The van der Waals surface area contributed by atoms with Crippen LogP contribution in [0.1, 0.15) is 71.6 Å². The van der Waals surface area contributed by atoms with Crippen molar-refractivity contribution in [2.24, 2.45) is 34.5 Å². The summed E-state index contributed by atoms with van der Waals surface area (Å²) in [6.45, 7) is 10.7. The molecule has 4 unspecified atom stereocenters. The summed E-state index contributed by atoms with van der Waals surface area (Å²) < 4.78 is 5.60. The van der Waals surface area contributed by atoms with Crippen molar-refractivity contribution in [1.82, 2.24) is 9.80 Å². The van der Waals surface area contributed by atoms with Gasteiger partial charge in [-0.1, -0.05) is 13.8 Å². The van der Waals surface area contributed by atoms with Crippen LogP contribution in [0.5, 0.6) is 0 Å². The fourth-order valence-electron chi connectivity index (χ4n) is 9.71. The summed E-state index contributed by atoms with van der Waals surface area (Å²) in [5.74, 6) is 3.23. The zero-order valence-electron chi connectivity index (χ0n) is 20.3. The summed E-state index contributed by atoms with van der Waals surface area (Å²) >= 11 is 0. The monoisotopic (exact) mass is 444 g/mol. The summed E-state index contributed by atoms with van der Waals surface area (Å²) in [7, 11) is 0. The molecule has 4 saturated carbocycles. The predicted molar refractivity (Wildman–Crippen MR) is 124 cm³/mol. The second-order valence-corrected chi connectivity index (χ2v) is 12.7. The van der Waals surface area contributed by atoms with E-state index in [1.165, 1.54) is 32.1 Å². The molecule has 2 saturated heterocycles. The minimum Gasteiger partial charge on any atom is -0.391 e. The van der Waals surface area contributed by atoms with E-state index in [1.807, 2.05) is 0 Å². The summed E-state index contributed by atoms with van der Waals surface area (Å²) in [5.41, 5.74) is 0.219. The third-order valence-corrected chi connectivity index (χ3v) is 11.5. The molecule has 0 amide bonds. The van der Waals surface area contributed by atoms with Gasteiger partial charge in [0.05, 0.1) is 25.4 Å². The zero-order chi connectivity index (χ0) is 22.1. The van der Waals surface area contributed by atoms with Crippen LogP contribution in [0, 0.1) is 34.5 Å². The van der Waals surface area contributed by atoms with Gasteiger partial charge in [-0.15, -0.1) is 0 Å². The van der Waals surface area contributed by atoms with Crippen molar-refractivity contribution in [1.29, 1.82) is 0 Å². The molecule has 6 rings (SSSR count). The molecule has 9 atom stereocenters. The third kappa shape index (κ3) is 3.21. The lowest BCUT2D eigenvalue weighted by Gasteiger charge is -2.62. The summed E-state index contributed by atoms with van der Waals surface area (Å²) in [6, 6.07) is 0.487. The molecule has 2 aliphatic heterocycles. The minimum absolute atomic E-state index is 0.0879. The van der Waals surface area contributed by atoms with Gasteiger partial charge in [0.25, 0.3) is 0 Å². The molecule has 5 heteroatoms. The van der Waals surface area contributed by atoms with E-state index < -0.39 is 0 Å². The SMILES string of the molecule is C[C@]12C[C@H](N3CCOCC3)[C@@H](O)CC1CCC1C2CC[C@]2(C)C(=O)[C@@H](N3CCCC3)CC12. The smallest absolute Gasteiger partial charge is 0.156 e. The van der Waals surface area contributed by atoms with E-state index >= 15 is 0 Å². The molecule has 0 aromatic heterocycles. The van der Waals surface area contributed by atoms with Gasteiger partial charge in [-0.05, 0) is 100.0 Å². The summed E-state index contributed by atoms with van der Waals surface area (Å²) in [4.78, 5) is 18.7. The number of hydrogen-bond acceptors (Lipinski definition) is 5. The van der Waals surface area contributed by atoms with E-state index in [0.717, 1.165) is 71.0 Å². The number of morpholine rings is 1. The van der Waals surface area contributed by atoms with Crippen LogP contribution >= 0.6 is 0 Å². The fraction of sp³-hybridized carbons (Fsp3) is 0.963. The van der Waals surface area contributed by atoms with Crippen LogP contribution in [0.15, 0.2) is 0 Å². The zero-order valence-corrected chi connectivity index (χ0v) is 20.3. The number of carbonyl (C=O) groups is 1. The van der Waals surface area contributed by atoms with Crippen molar-refractivity contribution in [3.8, 4) is 0 Å². The van der Waals surface area contributed by atoms with E-state index in [0.29, 0.717) is 29.0 Å². The van der Waals surface area contributed by atoms with Gasteiger partial charge in [-0.3, -0.25) is 14.6 Å². The molecule has 180 valence electrons. The Labute approximate surface area is 194 Å². The maximum absolute atomic E-state index is 13.7. The molecule has 32 heavy (non-hydrogen) atoms. The third-order valence-electron chi connectivity index (χ3n) is 11.5. The molecule has 2 heterocycles. The van der Waals surface area contributed by atoms with E-state index in [4.69, 9.17) is 4.74 Å². The second-order valence-electron chi connectivity index (χ2n) is 12.7. The first-order chi connectivity index (χ1) is 15.4. The Morgan fingerprint density at radius 2 is 1.69 bits per heavy atom. The highest BCUT2D eigenvalue weighted by Crippen LogP contribution is 2.66. The number of Topliss-reactive ketones (excluding diaryl/α,β-unsaturated/α-hetero) is 1. The number of carbonyl (C=O) groups excluding carboxylic acids is 1. The number of ether oxygens (including phenoxy) is 1. The maximum Gasteiger partial charge on any atom is 0.156 e. The van der Waals surface area contributed by atoms with Crippen LogP contribution < -0.4 is 0 Å². The fourth-order valence-corrected chi connectivity index (χ4v) is 9.71. The lowest BCUT2D eigenvalue weighted by Crippen LogP contribution is -2.60. The van der Waals surface area contributed by atoms with Crippen molar-refractivity contribution in [2.75, 3.05) is 39.4 Å². The van der Waals surface area contributed by atoms with E-state index in [2.05, 4.69) is 23.6 Å². The number of nitrogens with zero attached hydrogens (tertiary/aromatic N) is 2. The molecule has 4 aliphatic carbocycles. The lowest BCUT2D eigenvalue weighted by atomic mass is 9.44. The highest BCUT2D eigenvalue weighted by atomic mass is 16.5. The van der Waals surface area contributed by atoms with Gasteiger partial charge in [0.1, 0.15) is 0 Å². The molecule has 6 aliphatic rings. The molecule has 0 aromatic carbocycles. The van der Waals surface area contributed by atoms with Crippen LogP contribution in [0.25, 0.3) is 0 Å². The van der Waals surface area contributed by atoms with Crippen molar-refractivity contribution in [3.05, 3.63) is 0 Å². The van der Waals surface area contributed by atoms with Crippen molar-refractivity contribution in [2.45, 2.75) is 89.8 Å². The van der Waals surface area contributed by atoms with Gasteiger partial charge in [0, 0.05) is 24.5 Å². The Bertz CT molecular complexity index is 732. The molecule has 0 aromatic rings. The first-order valence-corrected chi connectivity index (χ1v) is 13.7. The van der Waals surface area contributed by atoms with E-state index in [9.17, 15) is 9.90 Å². The molecule has 1 N–H and O–H groups in total. The number of rotatable bonds is 2. The first kappa shape index (κ1) is 22.0. The van der Waals surface area contributed by atoms with Crippen LogP contribution in [-0.2, 0) is 9.53 Å². The van der Waals surface area contributed by atoms with Crippen molar-refractivity contribution in [3.63, 3.8) is 0 Å². The highest BCUT2D eigenvalue weighted by Gasteiger charge is 2.63. The average molecular weight is 445 g/mol. The van der Waals surface area contributed by atoms with Crippen LogP contribution in [0.2, 0.25) is 0 Å². The largest absolute Gasteiger partial charge is 0.391 e. The first-order valence-electron chi connectivity index (χ1n) is 13.7. The van der Waals surface area contributed by atoms with Gasteiger partial charge in [-0.25, -0.2) is 0 Å². The number of aliphatic hydroxyl groups is 1. The number of aliphatic hydroxyl groups excluding tert-OH is 1. The number of fused-ring (bicyclic) bond motifs is 5. The number of likely N-dealkylation sites (tertiary alicyclic amines) is 1. The Kier molecular flexibility index (Phi) is 5.52. The van der Waals surface area contributed by atoms with E-state index in [1.54, 1.807) is 0 Å². The van der Waals surface area contributed by atoms with Gasteiger partial charge in [-0.2, -0.15) is 0 Å². The molecular weight excluding hydrogens is 400 g/mol. The van der Waals surface area contributed by atoms with Gasteiger partial charge < -0.3 is 9.84 Å². The van der Waals surface area contributed by atoms with Crippen molar-refractivity contribution < 1.29 is 14.6 Å². The Hall–Kier alpha value is -0.490. The van der Waals surface area contributed by atoms with Crippen LogP contribution in [0.3, 0.4) is 0 Å².